The summed E-state index contributed by atoms with van der Waals surface area (Å²) >= 11 is 11.2. The molecular formula is C14H17BrClN3S. The fraction of sp³-hybridized carbons (Fsp3) is 0.429. The molecule has 0 aliphatic carbocycles. The van der Waals surface area contributed by atoms with Crippen LogP contribution in [0.15, 0.2) is 15.9 Å². The van der Waals surface area contributed by atoms with Gasteiger partial charge in [0.15, 0.2) is 5.82 Å². The van der Waals surface area contributed by atoms with E-state index in [1.165, 1.54) is 0 Å². The lowest BCUT2D eigenvalue weighted by Gasteiger charge is -2.13. The van der Waals surface area contributed by atoms with Crippen LogP contribution in [0.25, 0.3) is 10.7 Å². The van der Waals surface area contributed by atoms with Crippen molar-refractivity contribution in [3.63, 3.8) is 0 Å². The molecule has 6 heteroatoms. The van der Waals surface area contributed by atoms with Gasteiger partial charge in [0.2, 0.25) is 0 Å². The monoisotopic (exact) mass is 373 g/mol. The third-order valence-corrected chi connectivity index (χ3v) is 4.76. The molecule has 0 atom stereocenters. The van der Waals surface area contributed by atoms with E-state index in [1.807, 2.05) is 11.4 Å². The fourth-order valence-electron chi connectivity index (χ4n) is 1.84. The standard InChI is InChI=1S/C14H17BrClN3S/c1-4-17-14-12(15)10(5-8(2)3)18-13(19-14)11-6-9(16)7-20-11/h6-8H,4-5H2,1-3H3,(H,17,18,19). The third kappa shape index (κ3) is 3.71. The average Bonchev–Trinajstić information content (AvgIpc) is 2.80. The summed E-state index contributed by atoms with van der Waals surface area (Å²) in [7, 11) is 0. The Morgan fingerprint density at radius 1 is 1.40 bits per heavy atom. The second kappa shape index (κ2) is 6.87. The van der Waals surface area contributed by atoms with Crippen LogP contribution < -0.4 is 5.32 Å². The number of hydrogen-bond donors (Lipinski definition) is 1. The van der Waals surface area contributed by atoms with Gasteiger partial charge >= 0.3 is 0 Å². The average molecular weight is 375 g/mol. The molecule has 0 aliphatic heterocycles. The Balaban J connectivity index is 2.49. The van der Waals surface area contributed by atoms with Crippen LogP contribution in [0, 0.1) is 5.92 Å². The summed E-state index contributed by atoms with van der Waals surface area (Å²) in [6.07, 6.45) is 0.910. The van der Waals surface area contributed by atoms with Crippen LogP contribution in [0.3, 0.4) is 0 Å². The summed E-state index contributed by atoms with van der Waals surface area (Å²) in [6.45, 7) is 7.24. The van der Waals surface area contributed by atoms with Gasteiger partial charge < -0.3 is 5.32 Å². The van der Waals surface area contributed by atoms with Crippen molar-refractivity contribution < 1.29 is 0 Å². The van der Waals surface area contributed by atoms with E-state index in [9.17, 15) is 0 Å². The molecule has 0 saturated carbocycles. The molecule has 0 radical (unpaired) electrons. The lowest BCUT2D eigenvalue weighted by molar-refractivity contribution is 0.632. The zero-order valence-corrected chi connectivity index (χ0v) is 14.9. The number of anilines is 1. The van der Waals surface area contributed by atoms with Crippen LogP contribution in [0.1, 0.15) is 26.5 Å². The molecule has 2 rings (SSSR count). The lowest BCUT2D eigenvalue weighted by atomic mass is 10.1. The van der Waals surface area contributed by atoms with E-state index in [2.05, 4.69) is 47.0 Å². The molecule has 0 bridgehead atoms. The van der Waals surface area contributed by atoms with E-state index in [0.717, 1.165) is 44.7 Å². The maximum Gasteiger partial charge on any atom is 0.171 e. The number of aromatic nitrogens is 2. The van der Waals surface area contributed by atoms with E-state index in [0.29, 0.717) is 5.92 Å². The largest absolute Gasteiger partial charge is 0.369 e. The van der Waals surface area contributed by atoms with Crippen molar-refractivity contribution in [2.24, 2.45) is 5.92 Å². The predicted octanol–water partition coefficient (Wildman–Crippen LogP) is 5.25. The number of nitrogens with zero attached hydrogens (tertiary/aromatic N) is 2. The Hall–Kier alpha value is -0.650. The topological polar surface area (TPSA) is 37.8 Å². The van der Waals surface area contributed by atoms with E-state index in [-0.39, 0.29) is 0 Å². The molecule has 1 N–H and O–H groups in total. The molecule has 0 fully saturated rings. The number of hydrogen-bond acceptors (Lipinski definition) is 4. The molecule has 2 heterocycles. The molecule has 0 aliphatic rings. The van der Waals surface area contributed by atoms with Crippen LogP contribution in [-0.2, 0) is 6.42 Å². The minimum absolute atomic E-state index is 0.537. The highest BCUT2D eigenvalue weighted by Crippen LogP contribution is 2.32. The molecule has 2 aromatic heterocycles. The maximum absolute atomic E-state index is 6.00. The summed E-state index contributed by atoms with van der Waals surface area (Å²) in [5.41, 5.74) is 1.03. The minimum atomic E-state index is 0.537. The first-order chi connectivity index (χ1) is 9.51. The molecule has 0 amide bonds. The number of thiophene rings is 1. The van der Waals surface area contributed by atoms with Gasteiger partial charge in [0.05, 0.1) is 20.1 Å². The summed E-state index contributed by atoms with van der Waals surface area (Å²) < 4.78 is 0.958. The van der Waals surface area contributed by atoms with E-state index in [4.69, 9.17) is 16.6 Å². The predicted molar refractivity (Wildman–Crippen MR) is 90.8 cm³/mol. The van der Waals surface area contributed by atoms with Gasteiger partial charge in [-0.15, -0.1) is 11.3 Å². The number of rotatable bonds is 5. The number of nitrogens with one attached hydrogen (secondary N) is 1. The van der Waals surface area contributed by atoms with Crippen LogP contribution in [-0.4, -0.2) is 16.5 Å². The summed E-state index contributed by atoms with van der Waals surface area (Å²) in [4.78, 5) is 10.3. The maximum atomic E-state index is 6.00. The van der Waals surface area contributed by atoms with Crippen molar-refractivity contribution in [1.82, 2.24) is 9.97 Å². The van der Waals surface area contributed by atoms with Gasteiger partial charge in [0.25, 0.3) is 0 Å². The summed E-state index contributed by atoms with van der Waals surface area (Å²) in [6, 6.07) is 1.91. The fourth-order valence-corrected chi connectivity index (χ4v) is 3.33. The van der Waals surface area contributed by atoms with Crippen LogP contribution in [0.5, 0.6) is 0 Å². The zero-order chi connectivity index (χ0) is 14.7. The Labute approximate surface area is 136 Å². The Bertz CT molecular complexity index is 598. The molecular weight excluding hydrogens is 358 g/mol. The van der Waals surface area contributed by atoms with E-state index < -0.39 is 0 Å². The quantitative estimate of drug-likeness (QED) is 0.776. The van der Waals surface area contributed by atoms with Gasteiger partial charge in [0, 0.05) is 11.9 Å². The zero-order valence-electron chi connectivity index (χ0n) is 11.7. The smallest absolute Gasteiger partial charge is 0.171 e. The first-order valence-corrected chi connectivity index (χ1v) is 8.61. The SMILES string of the molecule is CCNc1nc(-c2cc(Cl)cs2)nc(CC(C)C)c1Br. The first kappa shape index (κ1) is 15.7. The highest BCUT2D eigenvalue weighted by atomic mass is 79.9. The van der Waals surface area contributed by atoms with Crippen molar-refractivity contribution in [2.75, 3.05) is 11.9 Å². The number of halogens is 2. The van der Waals surface area contributed by atoms with Gasteiger partial charge in [-0.3, -0.25) is 0 Å². The molecule has 0 aromatic carbocycles. The minimum Gasteiger partial charge on any atom is -0.369 e. The van der Waals surface area contributed by atoms with Crippen LogP contribution in [0.4, 0.5) is 5.82 Å². The molecule has 0 unspecified atom stereocenters. The Kier molecular flexibility index (Phi) is 5.41. The second-order valence-corrected chi connectivity index (χ2v) is 7.05. The first-order valence-electron chi connectivity index (χ1n) is 6.56. The molecule has 20 heavy (non-hydrogen) atoms. The molecule has 0 saturated heterocycles. The van der Waals surface area contributed by atoms with Gasteiger partial charge in [-0.1, -0.05) is 25.4 Å². The van der Waals surface area contributed by atoms with Crippen molar-refractivity contribution >= 4 is 44.7 Å². The van der Waals surface area contributed by atoms with E-state index >= 15 is 0 Å². The van der Waals surface area contributed by atoms with Gasteiger partial charge in [-0.05, 0) is 41.3 Å². The summed E-state index contributed by atoms with van der Waals surface area (Å²) in [5, 5.41) is 5.91. The van der Waals surface area contributed by atoms with Crippen molar-refractivity contribution in [3.8, 4) is 10.7 Å². The molecule has 2 aromatic rings. The van der Waals surface area contributed by atoms with Crippen LogP contribution in [0.2, 0.25) is 5.02 Å². The lowest BCUT2D eigenvalue weighted by Crippen LogP contribution is -2.07. The normalized spacial score (nSPS) is 11.1. The molecule has 3 nitrogen and oxygen atoms in total. The Morgan fingerprint density at radius 2 is 2.15 bits per heavy atom. The summed E-state index contributed by atoms with van der Waals surface area (Å²) in [5.74, 6) is 2.12. The van der Waals surface area contributed by atoms with Crippen molar-refractivity contribution in [2.45, 2.75) is 27.2 Å². The van der Waals surface area contributed by atoms with Crippen LogP contribution >= 0.6 is 38.9 Å². The van der Waals surface area contributed by atoms with Gasteiger partial charge in [0.1, 0.15) is 5.82 Å². The van der Waals surface area contributed by atoms with E-state index in [1.54, 1.807) is 11.3 Å². The van der Waals surface area contributed by atoms with Gasteiger partial charge in [-0.25, -0.2) is 9.97 Å². The van der Waals surface area contributed by atoms with Crippen molar-refractivity contribution in [3.05, 3.63) is 26.6 Å². The highest BCUT2D eigenvalue weighted by molar-refractivity contribution is 9.10. The van der Waals surface area contributed by atoms with Gasteiger partial charge in [-0.2, -0.15) is 0 Å². The molecule has 0 spiro atoms. The third-order valence-electron chi connectivity index (χ3n) is 2.65. The van der Waals surface area contributed by atoms with Crippen molar-refractivity contribution in [1.29, 1.82) is 0 Å². The molecule has 108 valence electrons. The highest BCUT2D eigenvalue weighted by Gasteiger charge is 2.15. The second-order valence-electron chi connectivity index (χ2n) is 4.91. The Morgan fingerprint density at radius 3 is 2.70 bits per heavy atom.